The van der Waals surface area contributed by atoms with Crippen molar-refractivity contribution in [2.24, 2.45) is 0 Å². The summed E-state index contributed by atoms with van der Waals surface area (Å²) in [7, 11) is 0. The Hall–Kier alpha value is -1.65. The second kappa shape index (κ2) is 7.22. The van der Waals surface area contributed by atoms with E-state index in [0.29, 0.717) is 5.92 Å². The van der Waals surface area contributed by atoms with E-state index in [2.05, 4.69) is 42.8 Å². The number of H-pyrrole nitrogens is 1. The molecule has 1 heterocycles. The molecule has 1 aromatic heterocycles. The first-order chi connectivity index (χ1) is 9.69. The fourth-order valence-electron chi connectivity index (χ4n) is 2.14. The van der Waals surface area contributed by atoms with Gasteiger partial charge in [0, 0.05) is 16.3 Å². The van der Waals surface area contributed by atoms with E-state index in [0.717, 1.165) is 16.3 Å². The van der Waals surface area contributed by atoms with Gasteiger partial charge in [-0.05, 0) is 48.6 Å². The molecular weight excluding hydrogens is 266 g/mol. The van der Waals surface area contributed by atoms with Crippen molar-refractivity contribution in [1.29, 1.82) is 0 Å². The molecule has 2 aromatic rings. The summed E-state index contributed by atoms with van der Waals surface area (Å²) in [5.74, 6) is 6.85. The number of unbranched alkanes of at least 4 members (excludes halogenated alkanes) is 1. The van der Waals surface area contributed by atoms with Crippen LogP contribution in [0.2, 0.25) is 5.02 Å². The lowest BCUT2D eigenvalue weighted by Crippen LogP contribution is -1.93. The second-order valence-electron chi connectivity index (χ2n) is 5.13. The topological polar surface area (TPSA) is 15.8 Å². The van der Waals surface area contributed by atoms with Gasteiger partial charge in [0.2, 0.25) is 0 Å². The van der Waals surface area contributed by atoms with Crippen molar-refractivity contribution in [1.82, 2.24) is 4.98 Å². The molecule has 1 aromatic carbocycles. The lowest BCUT2D eigenvalue weighted by atomic mass is 10.0. The van der Waals surface area contributed by atoms with Crippen molar-refractivity contribution in [3.8, 4) is 11.8 Å². The van der Waals surface area contributed by atoms with Gasteiger partial charge in [-0.3, -0.25) is 0 Å². The fourth-order valence-corrected chi connectivity index (χ4v) is 2.33. The number of hydrogen-bond acceptors (Lipinski definition) is 0. The van der Waals surface area contributed by atoms with Gasteiger partial charge in [0.05, 0.1) is 5.69 Å². The molecule has 1 nitrogen and oxygen atoms in total. The molecule has 0 fully saturated rings. The molecule has 0 radical (unpaired) electrons. The Bertz CT molecular complexity index is 616. The van der Waals surface area contributed by atoms with Crippen LogP contribution in [0.5, 0.6) is 0 Å². The Morgan fingerprint density at radius 1 is 1.20 bits per heavy atom. The minimum absolute atomic E-state index is 0.566. The van der Waals surface area contributed by atoms with Gasteiger partial charge in [-0.15, -0.1) is 0 Å². The summed E-state index contributed by atoms with van der Waals surface area (Å²) in [6.07, 6.45) is 3.73. The quantitative estimate of drug-likeness (QED) is 0.728. The van der Waals surface area contributed by atoms with Crippen LogP contribution in [0, 0.1) is 11.8 Å². The van der Waals surface area contributed by atoms with Crippen molar-refractivity contribution in [3.05, 3.63) is 58.4 Å². The standard InChI is InChI=1S/C18H20ClN/c1-3-4-6-14(2)18-12-11-17(20-18)10-9-15-7-5-8-16(19)13-15/h5,7-8,11-14,20H,3-4,6H2,1-2H3. The molecule has 2 heteroatoms. The van der Waals surface area contributed by atoms with Crippen molar-refractivity contribution in [2.45, 2.75) is 39.0 Å². The maximum Gasteiger partial charge on any atom is 0.0899 e. The van der Waals surface area contributed by atoms with Gasteiger partial charge in [0.15, 0.2) is 0 Å². The SMILES string of the molecule is CCCCC(C)c1ccc(C#Cc2cccc(Cl)c2)[nH]1. The molecular formula is C18H20ClN. The number of halogens is 1. The highest BCUT2D eigenvalue weighted by atomic mass is 35.5. The number of rotatable bonds is 4. The zero-order valence-corrected chi connectivity index (χ0v) is 12.8. The van der Waals surface area contributed by atoms with Crippen molar-refractivity contribution in [2.75, 3.05) is 0 Å². The summed E-state index contributed by atoms with van der Waals surface area (Å²) in [4.78, 5) is 3.40. The largest absolute Gasteiger partial charge is 0.352 e. The monoisotopic (exact) mass is 285 g/mol. The molecule has 0 saturated carbocycles. The maximum atomic E-state index is 5.95. The van der Waals surface area contributed by atoms with E-state index in [1.807, 2.05) is 24.3 Å². The summed E-state index contributed by atoms with van der Waals surface area (Å²) >= 11 is 5.95. The zero-order valence-electron chi connectivity index (χ0n) is 12.0. The second-order valence-corrected chi connectivity index (χ2v) is 5.57. The van der Waals surface area contributed by atoms with E-state index in [4.69, 9.17) is 11.6 Å². The van der Waals surface area contributed by atoms with Crippen LogP contribution < -0.4 is 0 Å². The van der Waals surface area contributed by atoms with Crippen LogP contribution in [-0.2, 0) is 0 Å². The first-order valence-corrected chi connectivity index (χ1v) is 7.53. The molecule has 0 saturated heterocycles. The van der Waals surface area contributed by atoms with E-state index < -0.39 is 0 Å². The number of aromatic amines is 1. The summed E-state index contributed by atoms with van der Waals surface area (Å²) in [6, 6.07) is 11.8. The molecule has 1 N–H and O–H groups in total. The summed E-state index contributed by atoms with van der Waals surface area (Å²) in [5, 5.41) is 0.720. The van der Waals surface area contributed by atoms with Gasteiger partial charge in [-0.25, -0.2) is 0 Å². The number of hydrogen-bond donors (Lipinski definition) is 1. The fraction of sp³-hybridized carbons (Fsp3) is 0.333. The average Bonchev–Trinajstić information content (AvgIpc) is 2.91. The predicted molar refractivity (Wildman–Crippen MR) is 86.2 cm³/mol. The van der Waals surface area contributed by atoms with Gasteiger partial charge in [0.1, 0.15) is 0 Å². The van der Waals surface area contributed by atoms with Crippen LogP contribution >= 0.6 is 11.6 Å². The highest BCUT2D eigenvalue weighted by Crippen LogP contribution is 2.20. The highest BCUT2D eigenvalue weighted by molar-refractivity contribution is 6.30. The van der Waals surface area contributed by atoms with Gasteiger partial charge < -0.3 is 4.98 Å². The first kappa shape index (κ1) is 14.8. The van der Waals surface area contributed by atoms with Crippen molar-refractivity contribution < 1.29 is 0 Å². The molecule has 0 aliphatic rings. The zero-order chi connectivity index (χ0) is 14.4. The van der Waals surface area contributed by atoms with E-state index in [1.54, 1.807) is 0 Å². The van der Waals surface area contributed by atoms with Crippen LogP contribution in [0.4, 0.5) is 0 Å². The molecule has 20 heavy (non-hydrogen) atoms. The van der Waals surface area contributed by atoms with E-state index in [1.165, 1.54) is 25.0 Å². The van der Waals surface area contributed by atoms with Crippen LogP contribution in [0.15, 0.2) is 36.4 Å². The van der Waals surface area contributed by atoms with Gasteiger partial charge in [-0.1, -0.05) is 50.3 Å². The third kappa shape index (κ3) is 4.18. The minimum atomic E-state index is 0.566. The molecule has 0 spiro atoms. The summed E-state index contributed by atoms with van der Waals surface area (Å²) < 4.78 is 0. The van der Waals surface area contributed by atoms with Crippen LogP contribution in [0.25, 0.3) is 0 Å². The van der Waals surface area contributed by atoms with E-state index in [9.17, 15) is 0 Å². The average molecular weight is 286 g/mol. The van der Waals surface area contributed by atoms with Crippen LogP contribution in [-0.4, -0.2) is 4.98 Å². The maximum absolute atomic E-state index is 5.95. The van der Waals surface area contributed by atoms with E-state index in [-0.39, 0.29) is 0 Å². The third-order valence-electron chi connectivity index (χ3n) is 3.40. The molecule has 1 unspecified atom stereocenters. The molecule has 0 aliphatic heterocycles. The van der Waals surface area contributed by atoms with E-state index >= 15 is 0 Å². The third-order valence-corrected chi connectivity index (χ3v) is 3.63. The van der Waals surface area contributed by atoms with Crippen LogP contribution in [0.3, 0.4) is 0 Å². The summed E-state index contributed by atoms with van der Waals surface area (Å²) in [5.41, 5.74) is 3.17. The molecule has 0 aliphatic carbocycles. The molecule has 1 atom stereocenters. The Labute approximate surface area is 126 Å². The Balaban J connectivity index is 2.06. The van der Waals surface area contributed by atoms with Crippen molar-refractivity contribution >= 4 is 11.6 Å². The number of aromatic nitrogens is 1. The van der Waals surface area contributed by atoms with Gasteiger partial charge in [-0.2, -0.15) is 0 Å². The normalized spacial score (nSPS) is 11.8. The summed E-state index contributed by atoms with van der Waals surface area (Å²) in [6.45, 7) is 4.49. The molecule has 0 bridgehead atoms. The van der Waals surface area contributed by atoms with Crippen LogP contribution in [0.1, 0.15) is 56.0 Å². The lowest BCUT2D eigenvalue weighted by molar-refractivity contribution is 0.613. The Kier molecular flexibility index (Phi) is 5.32. The lowest BCUT2D eigenvalue weighted by Gasteiger charge is -2.07. The molecule has 2 rings (SSSR count). The highest BCUT2D eigenvalue weighted by Gasteiger charge is 2.06. The first-order valence-electron chi connectivity index (χ1n) is 7.15. The Morgan fingerprint density at radius 3 is 2.80 bits per heavy atom. The van der Waals surface area contributed by atoms with Gasteiger partial charge in [0.25, 0.3) is 0 Å². The van der Waals surface area contributed by atoms with Crippen molar-refractivity contribution in [3.63, 3.8) is 0 Å². The predicted octanol–water partition coefficient (Wildman–Crippen LogP) is 5.36. The smallest absolute Gasteiger partial charge is 0.0899 e. The molecule has 104 valence electrons. The Morgan fingerprint density at radius 2 is 2.05 bits per heavy atom. The van der Waals surface area contributed by atoms with Gasteiger partial charge >= 0.3 is 0 Å². The number of nitrogens with one attached hydrogen (secondary N) is 1. The molecule has 0 amide bonds. The minimum Gasteiger partial charge on any atom is -0.352 e. The number of benzene rings is 1.